The van der Waals surface area contributed by atoms with Gasteiger partial charge in [-0.15, -0.1) is 0 Å². The van der Waals surface area contributed by atoms with Crippen molar-refractivity contribution in [2.75, 3.05) is 18.4 Å². The van der Waals surface area contributed by atoms with Crippen LogP contribution in [0.2, 0.25) is 0 Å². The smallest absolute Gasteiger partial charge is 0.289 e. The van der Waals surface area contributed by atoms with E-state index in [1.807, 2.05) is 35.2 Å². The quantitative estimate of drug-likeness (QED) is 0.755. The van der Waals surface area contributed by atoms with Crippen molar-refractivity contribution < 1.29 is 9.21 Å². The van der Waals surface area contributed by atoms with Crippen LogP contribution in [0.3, 0.4) is 0 Å². The Kier molecular flexibility index (Phi) is 4.87. The third-order valence-electron chi connectivity index (χ3n) is 4.84. The van der Waals surface area contributed by atoms with Gasteiger partial charge < -0.3 is 14.6 Å². The molecule has 1 fully saturated rings. The number of nitrogens with one attached hydrogen (secondary N) is 1. The number of anilines is 2. The van der Waals surface area contributed by atoms with Crippen LogP contribution in [0.25, 0.3) is 0 Å². The normalized spacial score (nSPS) is 16.9. The molecule has 138 valence electrons. The number of carbonyl (C=O) groups excluding carboxylic acids is 1. The molecule has 4 rings (SSSR count). The minimum atomic E-state index is -0.0586. The van der Waals surface area contributed by atoms with E-state index in [-0.39, 0.29) is 11.8 Å². The van der Waals surface area contributed by atoms with Gasteiger partial charge in [0.15, 0.2) is 5.76 Å². The summed E-state index contributed by atoms with van der Waals surface area (Å²) in [4.78, 5) is 23.4. The maximum absolute atomic E-state index is 12.6. The number of piperidine rings is 1. The van der Waals surface area contributed by atoms with Gasteiger partial charge in [0, 0.05) is 30.9 Å². The highest BCUT2D eigenvalue weighted by Gasteiger charge is 2.27. The van der Waals surface area contributed by atoms with Crippen molar-refractivity contribution in [2.24, 2.45) is 0 Å². The Balaban J connectivity index is 1.47. The van der Waals surface area contributed by atoms with Gasteiger partial charge in [0.1, 0.15) is 0 Å². The van der Waals surface area contributed by atoms with Gasteiger partial charge in [-0.1, -0.05) is 17.7 Å². The number of benzene rings is 1. The van der Waals surface area contributed by atoms with Crippen molar-refractivity contribution in [1.29, 1.82) is 0 Å². The highest BCUT2D eigenvalue weighted by molar-refractivity contribution is 5.91. The topological polar surface area (TPSA) is 71.3 Å². The van der Waals surface area contributed by atoms with Crippen LogP contribution in [0.5, 0.6) is 0 Å². The Morgan fingerprint density at radius 1 is 1.22 bits per heavy atom. The molecule has 0 radical (unpaired) electrons. The summed E-state index contributed by atoms with van der Waals surface area (Å²) in [5.74, 6) is 1.10. The Morgan fingerprint density at radius 3 is 2.85 bits per heavy atom. The first-order valence-electron chi connectivity index (χ1n) is 9.18. The molecule has 0 saturated carbocycles. The molecule has 1 unspecified atom stereocenters. The van der Waals surface area contributed by atoms with Crippen LogP contribution >= 0.6 is 0 Å². The van der Waals surface area contributed by atoms with Crippen LogP contribution in [-0.2, 0) is 0 Å². The van der Waals surface area contributed by atoms with Gasteiger partial charge in [0.2, 0.25) is 5.95 Å². The van der Waals surface area contributed by atoms with Crippen molar-refractivity contribution in [3.05, 3.63) is 71.9 Å². The Morgan fingerprint density at radius 2 is 2.07 bits per heavy atom. The summed E-state index contributed by atoms with van der Waals surface area (Å²) in [6.07, 6.45) is 5.25. The molecule has 1 saturated heterocycles. The molecule has 2 aromatic heterocycles. The standard InChI is InChI=1S/C21H22N4O2/c1-15-6-8-17(9-7-15)23-21-22-11-10-18(24-21)16-4-2-12-25(14-16)20(26)19-5-3-13-27-19/h3,5-11,13,16H,2,4,12,14H2,1H3,(H,22,23,24). The van der Waals surface area contributed by atoms with Crippen LogP contribution in [0.4, 0.5) is 11.6 Å². The lowest BCUT2D eigenvalue weighted by molar-refractivity contribution is 0.0673. The number of likely N-dealkylation sites (tertiary alicyclic amines) is 1. The molecule has 1 amide bonds. The van der Waals surface area contributed by atoms with Crippen molar-refractivity contribution >= 4 is 17.5 Å². The monoisotopic (exact) mass is 362 g/mol. The average molecular weight is 362 g/mol. The number of amides is 1. The fraction of sp³-hybridized carbons (Fsp3) is 0.286. The number of carbonyl (C=O) groups is 1. The van der Waals surface area contributed by atoms with Gasteiger partial charge in [0.05, 0.1) is 12.0 Å². The van der Waals surface area contributed by atoms with Crippen molar-refractivity contribution in [3.8, 4) is 0 Å². The lowest BCUT2D eigenvalue weighted by Gasteiger charge is -2.32. The lowest BCUT2D eigenvalue weighted by Crippen LogP contribution is -2.39. The molecule has 1 aliphatic heterocycles. The first kappa shape index (κ1) is 17.3. The van der Waals surface area contributed by atoms with Gasteiger partial charge in [-0.25, -0.2) is 9.97 Å². The largest absolute Gasteiger partial charge is 0.459 e. The van der Waals surface area contributed by atoms with Crippen LogP contribution in [-0.4, -0.2) is 33.9 Å². The fourth-order valence-electron chi connectivity index (χ4n) is 3.39. The average Bonchev–Trinajstić information content (AvgIpc) is 3.24. The fourth-order valence-corrected chi connectivity index (χ4v) is 3.39. The summed E-state index contributed by atoms with van der Waals surface area (Å²) in [7, 11) is 0. The molecule has 1 atom stereocenters. The van der Waals surface area contributed by atoms with E-state index in [0.29, 0.717) is 18.3 Å². The maximum atomic E-state index is 12.6. The number of aromatic nitrogens is 2. The summed E-state index contributed by atoms with van der Waals surface area (Å²) in [5, 5.41) is 3.25. The summed E-state index contributed by atoms with van der Waals surface area (Å²) >= 11 is 0. The van der Waals surface area contributed by atoms with Crippen LogP contribution < -0.4 is 5.32 Å². The molecule has 3 aromatic rings. The van der Waals surface area contributed by atoms with E-state index in [1.54, 1.807) is 18.3 Å². The van der Waals surface area contributed by atoms with E-state index in [4.69, 9.17) is 4.42 Å². The predicted octanol–water partition coefficient (Wildman–Crippen LogP) is 4.14. The second-order valence-corrected chi connectivity index (χ2v) is 6.86. The zero-order valence-electron chi connectivity index (χ0n) is 15.3. The molecular formula is C21H22N4O2. The minimum Gasteiger partial charge on any atom is -0.459 e. The van der Waals surface area contributed by atoms with Crippen LogP contribution in [0.15, 0.2) is 59.3 Å². The second kappa shape index (κ2) is 7.61. The van der Waals surface area contributed by atoms with Gasteiger partial charge in [0.25, 0.3) is 5.91 Å². The van der Waals surface area contributed by atoms with Crippen LogP contribution in [0.1, 0.15) is 40.6 Å². The Labute approximate surface area is 158 Å². The first-order valence-corrected chi connectivity index (χ1v) is 9.18. The maximum Gasteiger partial charge on any atom is 0.289 e. The summed E-state index contributed by atoms with van der Waals surface area (Å²) in [6.45, 7) is 3.44. The van der Waals surface area contributed by atoms with E-state index < -0.39 is 0 Å². The number of aryl methyl sites for hydroxylation is 1. The Bertz CT molecular complexity index is 906. The zero-order chi connectivity index (χ0) is 18.6. The summed E-state index contributed by atoms with van der Waals surface area (Å²) in [5.41, 5.74) is 3.12. The Hall–Kier alpha value is -3.15. The van der Waals surface area contributed by atoms with Gasteiger partial charge in [-0.3, -0.25) is 4.79 Å². The highest BCUT2D eigenvalue weighted by Crippen LogP contribution is 2.27. The third kappa shape index (κ3) is 4.00. The van der Waals surface area contributed by atoms with E-state index in [1.165, 1.54) is 11.8 Å². The number of furan rings is 1. The summed E-state index contributed by atoms with van der Waals surface area (Å²) < 4.78 is 5.26. The second-order valence-electron chi connectivity index (χ2n) is 6.86. The van der Waals surface area contributed by atoms with Gasteiger partial charge >= 0.3 is 0 Å². The predicted molar refractivity (Wildman–Crippen MR) is 103 cm³/mol. The molecule has 3 heterocycles. The minimum absolute atomic E-state index is 0.0586. The number of rotatable bonds is 4. The van der Waals surface area contributed by atoms with Gasteiger partial charge in [-0.05, 0) is 50.1 Å². The van der Waals surface area contributed by atoms with Crippen molar-refractivity contribution in [3.63, 3.8) is 0 Å². The highest BCUT2D eigenvalue weighted by atomic mass is 16.3. The summed E-state index contributed by atoms with van der Waals surface area (Å²) in [6, 6.07) is 13.5. The molecule has 0 bridgehead atoms. The molecular weight excluding hydrogens is 340 g/mol. The SMILES string of the molecule is Cc1ccc(Nc2nccc(C3CCCN(C(=O)c4ccco4)C3)n2)cc1. The number of nitrogens with zero attached hydrogens (tertiary/aromatic N) is 3. The van der Waals surface area contributed by atoms with E-state index in [9.17, 15) is 4.79 Å². The molecule has 0 aliphatic carbocycles. The molecule has 27 heavy (non-hydrogen) atoms. The number of hydrogen-bond acceptors (Lipinski definition) is 5. The van der Waals surface area contributed by atoms with E-state index in [0.717, 1.165) is 30.8 Å². The van der Waals surface area contributed by atoms with Crippen molar-refractivity contribution in [1.82, 2.24) is 14.9 Å². The zero-order valence-corrected chi connectivity index (χ0v) is 15.3. The number of hydrogen-bond donors (Lipinski definition) is 1. The molecule has 6 heteroatoms. The molecule has 1 N–H and O–H groups in total. The lowest BCUT2D eigenvalue weighted by atomic mass is 9.94. The van der Waals surface area contributed by atoms with E-state index >= 15 is 0 Å². The molecule has 1 aliphatic rings. The van der Waals surface area contributed by atoms with Crippen LogP contribution in [0, 0.1) is 6.92 Å². The van der Waals surface area contributed by atoms with Crippen molar-refractivity contribution in [2.45, 2.75) is 25.7 Å². The van der Waals surface area contributed by atoms with E-state index in [2.05, 4.69) is 22.2 Å². The molecule has 0 spiro atoms. The first-order chi connectivity index (χ1) is 13.2. The molecule has 6 nitrogen and oxygen atoms in total. The van der Waals surface area contributed by atoms with Gasteiger partial charge in [-0.2, -0.15) is 0 Å². The third-order valence-corrected chi connectivity index (χ3v) is 4.84. The molecule has 1 aromatic carbocycles.